The number of aromatic nitrogens is 5. The summed E-state index contributed by atoms with van der Waals surface area (Å²) in [7, 11) is 0. The summed E-state index contributed by atoms with van der Waals surface area (Å²) in [6.45, 7) is 8.55. The Bertz CT molecular complexity index is 1130. The summed E-state index contributed by atoms with van der Waals surface area (Å²) < 4.78 is 2.04. The van der Waals surface area contributed by atoms with Crippen molar-refractivity contribution in [2.75, 3.05) is 13.1 Å². The van der Waals surface area contributed by atoms with E-state index in [1.807, 2.05) is 4.68 Å². The van der Waals surface area contributed by atoms with Gasteiger partial charge in [-0.05, 0) is 79.0 Å². The van der Waals surface area contributed by atoms with Crippen molar-refractivity contribution in [3.05, 3.63) is 51.1 Å². The maximum atomic E-state index is 13.4. The van der Waals surface area contributed by atoms with E-state index in [1.54, 1.807) is 0 Å². The normalized spacial score (nSPS) is 23.5. The average molecular weight is 422 g/mol. The second-order valence-corrected chi connectivity index (χ2v) is 9.79. The lowest BCUT2D eigenvalue weighted by Crippen LogP contribution is -3.13. The standard InChI is InChI=1S/C24H32N6O/c1-15-8-10-29(11-9-15)22(23-26-27-28-30(23)19-6-4-5-7-19)20-14-18-13-16(2)12-17(3)21(18)25-24(20)31/h12-15,19,22H,4-11H2,1-3H3,(H,25,31)/p+1/t22-/m0/s1. The predicted octanol–water partition coefficient (Wildman–Crippen LogP) is 2.65. The zero-order chi connectivity index (χ0) is 21.5. The Hall–Kier alpha value is -2.54. The molecule has 1 aromatic carbocycles. The minimum atomic E-state index is -0.142. The fourth-order valence-corrected chi connectivity index (χ4v) is 5.68. The van der Waals surface area contributed by atoms with Crippen LogP contribution in [-0.4, -0.2) is 38.3 Å². The highest BCUT2D eigenvalue weighted by Gasteiger charge is 2.37. The number of aryl methyl sites for hydroxylation is 2. The van der Waals surface area contributed by atoms with E-state index in [0.29, 0.717) is 6.04 Å². The van der Waals surface area contributed by atoms with Crippen molar-refractivity contribution in [3.8, 4) is 0 Å². The number of hydrogen-bond donors (Lipinski definition) is 2. The molecule has 7 nitrogen and oxygen atoms in total. The van der Waals surface area contributed by atoms with Crippen molar-refractivity contribution in [2.24, 2.45) is 5.92 Å². The fraction of sp³-hybridized carbons (Fsp3) is 0.583. The summed E-state index contributed by atoms with van der Waals surface area (Å²) in [5.74, 6) is 1.58. The number of benzene rings is 1. The van der Waals surface area contributed by atoms with Crippen molar-refractivity contribution in [2.45, 2.75) is 71.4 Å². The predicted molar refractivity (Wildman–Crippen MR) is 120 cm³/mol. The average Bonchev–Trinajstić information content (AvgIpc) is 3.42. The lowest BCUT2D eigenvalue weighted by molar-refractivity contribution is -0.932. The quantitative estimate of drug-likeness (QED) is 0.679. The molecule has 2 aromatic heterocycles. The topological polar surface area (TPSA) is 80.9 Å². The minimum absolute atomic E-state index is 0.0171. The van der Waals surface area contributed by atoms with Gasteiger partial charge in [0.05, 0.1) is 30.2 Å². The number of hydrogen-bond acceptors (Lipinski definition) is 4. The number of rotatable bonds is 4. The molecule has 2 aliphatic rings. The second-order valence-electron chi connectivity index (χ2n) is 9.79. The van der Waals surface area contributed by atoms with Crippen LogP contribution in [-0.2, 0) is 0 Å². The molecular formula is C24H33N6O+. The van der Waals surface area contributed by atoms with E-state index in [1.165, 1.54) is 36.1 Å². The van der Waals surface area contributed by atoms with Crippen LogP contribution in [0.1, 0.15) is 80.0 Å². The number of nitrogens with one attached hydrogen (secondary N) is 2. The van der Waals surface area contributed by atoms with Gasteiger partial charge in [0.1, 0.15) is 0 Å². The van der Waals surface area contributed by atoms with Gasteiger partial charge in [0, 0.05) is 0 Å². The van der Waals surface area contributed by atoms with Crippen molar-refractivity contribution >= 4 is 10.9 Å². The molecule has 0 amide bonds. The summed E-state index contributed by atoms with van der Waals surface area (Å²) in [6.07, 6.45) is 7.00. The molecular weight excluding hydrogens is 388 g/mol. The number of fused-ring (bicyclic) bond motifs is 1. The molecule has 2 fully saturated rings. The minimum Gasteiger partial charge on any atom is -0.322 e. The lowest BCUT2D eigenvalue weighted by Gasteiger charge is -2.33. The summed E-state index contributed by atoms with van der Waals surface area (Å²) in [5.41, 5.74) is 4.00. The van der Waals surface area contributed by atoms with Crippen molar-refractivity contribution in [1.82, 2.24) is 25.2 Å². The Morgan fingerprint density at radius 1 is 1.10 bits per heavy atom. The molecule has 1 aliphatic heterocycles. The zero-order valence-corrected chi connectivity index (χ0v) is 18.8. The molecule has 3 aromatic rings. The highest BCUT2D eigenvalue weighted by atomic mass is 16.1. The van der Waals surface area contributed by atoms with Crippen LogP contribution in [0.3, 0.4) is 0 Å². The van der Waals surface area contributed by atoms with Gasteiger partial charge >= 0.3 is 0 Å². The number of piperidine rings is 1. The third-order valence-electron chi connectivity index (χ3n) is 7.40. The Labute approximate surface area is 182 Å². The second kappa shape index (κ2) is 8.19. The van der Waals surface area contributed by atoms with Crippen LogP contribution in [0.4, 0.5) is 0 Å². The smallest absolute Gasteiger partial charge is 0.258 e. The van der Waals surface area contributed by atoms with Gasteiger partial charge in [-0.25, -0.2) is 4.68 Å². The van der Waals surface area contributed by atoms with E-state index >= 15 is 0 Å². The molecule has 164 valence electrons. The van der Waals surface area contributed by atoms with Crippen LogP contribution in [0.2, 0.25) is 0 Å². The van der Waals surface area contributed by atoms with Gasteiger partial charge in [-0.3, -0.25) is 4.79 Å². The van der Waals surface area contributed by atoms with Gasteiger partial charge in [-0.1, -0.05) is 31.4 Å². The van der Waals surface area contributed by atoms with Crippen LogP contribution >= 0.6 is 0 Å². The molecule has 0 spiro atoms. The maximum Gasteiger partial charge on any atom is 0.258 e. The Morgan fingerprint density at radius 3 is 2.58 bits per heavy atom. The number of tetrazole rings is 1. The molecule has 1 saturated heterocycles. The molecule has 0 unspecified atom stereocenters. The van der Waals surface area contributed by atoms with E-state index in [2.05, 4.69) is 59.5 Å². The first kappa shape index (κ1) is 20.4. The molecule has 3 heterocycles. The van der Waals surface area contributed by atoms with Gasteiger partial charge in [0.2, 0.25) is 5.82 Å². The molecule has 7 heteroatoms. The number of quaternary nitrogens is 1. The number of likely N-dealkylation sites (tertiary alicyclic amines) is 1. The highest BCUT2D eigenvalue weighted by molar-refractivity contribution is 5.83. The van der Waals surface area contributed by atoms with E-state index in [-0.39, 0.29) is 11.6 Å². The molecule has 2 N–H and O–H groups in total. The number of aromatic amines is 1. The van der Waals surface area contributed by atoms with Crippen LogP contribution in [0.25, 0.3) is 10.9 Å². The summed E-state index contributed by atoms with van der Waals surface area (Å²) in [4.78, 5) is 18.0. The Balaban J connectivity index is 1.66. The monoisotopic (exact) mass is 421 g/mol. The number of pyridine rings is 1. The number of nitrogens with zero attached hydrogens (tertiary/aromatic N) is 4. The van der Waals surface area contributed by atoms with Crippen molar-refractivity contribution < 1.29 is 4.90 Å². The lowest BCUT2D eigenvalue weighted by atomic mass is 9.95. The van der Waals surface area contributed by atoms with Crippen molar-refractivity contribution in [3.63, 3.8) is 0 Å². The third-order valence-corrected chi connectivity index (χ3v) is 7.40. The largest absolute Gasteiger partial charge is 0.322 e. The van der Waals surface area contributed by atoms with Crippen molar-refractivity contribution in [1.29, 1.82) is 0 Å². The SMILES string of the molecule is Cc1cc(C)c2[nH]c(=O)c([C@@H](c3nnnn3C3CCCC3)[NH+]3CCC(C)CC3)cc2c1. The van der Waals surface area contributed by atoms with Gasteiger partial charge in [0.25, 0.3) is 5.56 Å². The first-order valence-electron chi connectivity index (χ1n) is 11.8. The Kier molecular flexibility index (Phi) is 5.38. The molecule has 0 bridgehead atoms. The summed E-state index contributed by atoms with van der Waals surface area (Å²) in [6, 6.07) is 6.58. The van der Waals surface area contributed by atoms with E-state index in [9.17, 15) is 4.79 Å². The Morgan fingerprint density at radius 2 is 1.84 bits per heavy atom. The van der Waals surface area contributed by atoms with Crippen LogP contribution < -0.4 is 10.5 Å². The molecule has 5 rings (SSSR count). The van der Waals surface area contributed by atoms with E-state index in [0.717, 1.165) is 59.7 Å². The van der Waals surface area contributed by atoms with Gasteiger partial charge in [-0.2, -0.15) is 0 Å². The van der Waals surface area contributed by atoms with Crippen LogP contribution in [0.5, 0.6) is 0 Å². The summed E-state index contributed by atoms with van der Waals surface area (Å²) in [5, 5.41) is 14.1. The summed E-state index contributed by atoms with van der Waals surface area (Å²) >= 11 is 0. The number of H-pyrrole nitrogens is 1. The fourth-order valence-electron chi connectivity index (χ4n) is 5.68. The van der Waals surface area contributed by atoms with Gasteiger partial charge < -0.3 is 9.88 Å². The van der Waals surface area contributed by atoms with Gasteiger partial charge in [0.15, 0.2) is 6.04 Å². The van der Waals surface area contributed by atoms with Crippen LogP contribution in [0.15, 0.2) is 23.0 Å². The highest BCUT2D eigenvalue weighted by Crippen LogP contribution is 2.31. The first-order chi connectivity index (χ1) is 15.0. The van der Waals surface area contributed by atoms with E-state index in [4.69, 9.17) is 0 Å². The molecule has 1 aliphatic carbocycles. The van der Waals surface area contributed by atoms with Gasteiger partial charge in [-0.15, -0.1) is 5.10 Å². The third kappa shape index (κ3) is 3.80. The van der Waals surface area contributed by atoms with Crippen LogP contribution in [0, 0.1) is 19.8 Å². The van der Waals surface area contributed by atoms with E-state index < -0.39 is 0 Å². The first-order valence-corrected chi connectivity index (χ1v) is 11.8. The molecule has 31 heavy (non-hydrogen) atoms. The molecule has 0 radical (unpaired) electrons. The maximum absolute atomic E-state index is 13.4. The zero-order valence-electron chi connectivity index (χ0n) is 18.8. The molecule has 1 saturated carbocycles. The molecule has 1 atom stereocenters.